The number of Topliss-reactive ketones (excluding diaryl/α,β-unsaturated/α-hetero) is 2. The fourth-order valence-corrected chi connectivity index (χ4v) is 2.98. The lowest BCUT2D eigenvalue weighted by atomic mass is 9.93. The van der Waals surface area contributed by atoms with Crippen LogP contribution in [-0.2, 0) is 0 Å². The Labute approximate surface area is 133 Å². The number of rotatable bonds is 4. The number of ketones is 2. The summed E-state index contributed by atoms with van der Waals surface area (Å²) < 4.78 is 16.0. The molecule has 0 saturated carbocycles. The van der Waals surface area contributed by atoms with Crippen LogP contribution in [-0.4, -0.2) is 32.9 Å². The Morgan fingerprint density at radius 1 is 0.739 bits per heavy atom. The lowest BCUT2D eigenvalue weighted by molar-refractivity contribution is 0.0888. The van der Waals surface area contributed by atoms with Crippen molar-refractivity contribution in [1.82, 2.24) is 0 Å². The highest BCUT2D eigenvalue weighted by Crippen LogP contribution is 2.45. The minimum atomic E-state index is -0.915. The third-order valence-electron chi connectivity index (χ3n) is 4.03. The first-order valence-corrected chi connectivity index (χ1v) is 7.10. The van der Waals surface area contributed by atoms with Gasteiger partial charge in [0.15, 0.2) is 23.1 Å². The van der Waals surface area contributed by atoms with Crippen LogP contribution in [0.5, 0.6) is 17.2 Å². The zero-order valence-electron chi connectivity index (χ0n) is 13.1. The van der Waals surface area contributed by atoms with Crippen LogP contribution in [0.25, 0.3) is 0 Å². The number of benzene rings is 2. The number of hydrogen-bond acceptors (Lipinski definition) is 5. The van der Waals surface area contributed by atoms with Gasteiger partial charge in [-0.25, -0.2) is 0 Å². The number of carbonyl (C=O) groups is 2. The number of fused-ring (bicyclic) bond motifs is 1. The maximum Gasteiger partial charge on any atom is 0.203 e. The second-order valence-corrected chi connectivity index (χ2v) is 5.13. The van der Waals surface area contributed by atoms with E-state index in [1.807, 2.05) is 0 Å². The smallest absolute Gasteiger partial charge is 0.203 e. The highest BCUT2D eigenvalue weighted by molar-refractivity contribution is 6.30. The van der Waals surface area contributed by atoms with Crippen LogP contribution in [0.1, 0.15) is 32.2 Å². The van der Waals surface area contributed by atoms with Crippen LogP contribution in [0, 0.1) is 0 Å². The molecule has 118 valence electrons. The van der Waals surface area contributed by atoms with Crippen molar-refractivity contribution in [2.24, 2.45) is 0 Å². The molecule has 0 atom stereocenters. The third-order valence-corrected chi connectivity index (χ3v) is 4.03. The van der Waals surface area contributed by atoms with Crippen molar-refractivity contribution in [2.75, 3.05) is 21.3 Å². The fourth-order valence-electron chi connectivity index (χ4n) is 2.98. The van der Waals surface area contributed by atoms with Crippen molar-refractivity contribution < 1.29 is 23.8 Å². The summed E-state index contributed by atoms with van der Waals surface area (Å²) >= 11 is 0. The Balaban J connectivity index is 2.17. The zero-order valence-corrected chi connectivity index (χ0v) is 13.1. The van der Waals surface area contributed by atoms with E-state index in [-0.39, 0.29) is 11.6 Å². The highest BCUT2D eigenvalue weighted by Gasteiger charge is 2.41. The van der Waals surface area contributed by atoms with E-state index in [1.54, 1.807) is 36.4 Å². The number of ether oxygens (including phenoxy) is 3. The molecule has 0 heterocycles. The summed E-state index contributed by atoms with van der Waals surface area (Å²) in [5.74, 6) is -0.187. The van der Waals surface area contributed by atoms with E-state index in [4.69, 9.17) is 14.2 Å². The summed E-state index contributed by atoms with van der Waals surface area (Å²) in [5, 5.41) is 0. The molecule has 0 bridgehead atoms. The van der Waals surface area contributed by atoms with Crippen molar-refractivity contribution in [3.63, 3.8) is 0 Å². The van der Waals surface area contributed by atoms with Crippen molar-refractivity contribution in [2.45, 2.75) is 5.92 Å². The van der Waals surface area contributed by atoms with Gasteiger partial charge in [0.05, 0.1) is 21.3 Å². The Bertz CT molecular complexity index is 759. The molecule has 0 saturated heterocycles. The van der Waals surface area contributed by atoms with Gasteiger partial charge in [-0.15, -0.1) is 0 Å². The quantitative estimate of drug-likeness (QED) is 0.812. The van der Waals surface area contributed by atoms with E-state index >= 15 is 0 Å². The second-order valence-electron chi connectivity index (χ2n) is 5.13. The molecule has 1 aliphatic rings. The molecule has 0 amide bonds. The van der Waals surface area contributed by atoms with Crippen molar-refractivity contribution in [3.05, 3.63) is 53.1 Å². The summed E-state index contributed by atoms with van der Waals surface area (Å²) in [4.78, 5) is 25.4. The molecule has 0 N–H and O–H groups in total. The molecule has 0 aliphatic heterocycles. The van der Waals surface area contributed by atoms with Gasteiger partial charge in [0, 0.05) is 16.7 Å². The molecule has 1 aliphatic carbocycles. The molecule has 0 spiro atoms. The summed E-state index contributed by atoms with van der Waals surface area (Å²) in [5.41, 5.74) is 1.37. The minimum Gasteiger partial charge on any atom is -0.493 e. The average Bonchev–Trinajstić information content (AvgIpc) is 2.84. The van der Waals surface area contributed by atoms with Gasteiger partial charge < -0.3 is 14.2 Å². The molecule has 0 radical (unpaired) electrons. The number of methoxy groups -OCH3 is 3. The third kappa shape index (κ3) is 2.16. The maximum atomic E-state index is 12.7. The molecule has 0 aromatic heterocycles. The standard InChI is InChI=1S/C18H16O5/c1-21-13-9-8-12(17(22-2)18(13)23-3)14-15(19)10-6-4-5-7-11(10)16(14)20/h4-9,14H,1-3H3. The Hall–Kier alpha value is -2.82. The van der Waals surface area contributed by atoms with E-state index in [1.165, 1.54) is 21.3 Å². The van der Waals surface area contributed by atoms with Crippen molar-refractivity contribution in [3.8, 4) is 17.2 Å². The molecule has 0 unspecified atom stereocenters. The zero-order chi connectivity index (χ0) is 16.6. The number of hydrogen-bond donors (Lipinski definition) is 0. The molecule has 23 heavy (non-hydrogen) atoms. The lowest BCUT2D eigenvalue weighted by Gasteiger charge is -2.18. The lowest BCUT2D eigenvalue weighted by Crippen LogP contribution is -2.14. The maximum absolute atomic E-state index is 12.7. The fraction of sp³-hybridized carbons (Fsp3) is 0.222. The van der Waals surface area contributed by atoms with E-state index in [9.17, 15) is 9.59 Å². The first kappa shape index (κ1) is 15.1. The summed E-state index contributed by atoms with van der Waals surface area (Å²) in [7, 11) is 4.47. The van der Waals surface area contributed by atoms with Crippen LogP contribution < -0.4 is 14.2 Å². The second kappa shape index (κ2) is 5.76. The first-order chi connectivity index (χ1) is 11.1. The predicted molar refractivity (Wildman–Crippen MR) is 83.9 cm³/mol. The monoisotopic (exact) mass is 312 g/mol. The number of carbonyl (C=O) groups excluding carboxylic acids is 2. The molecule has 2 aromatic rings. The predicted octanol–water partition coefficient (Wildman–Crippen LogP) is 2.88. The van der Waals surface area contributed by atoms with Gasteiger partial charge in [0.25, 0.3) is 0 Å². The largest absolute Gasteiger partial charge is 0.493 e. The van der Waals surface area contributed by atoms with E-state index in [0.29, 0.717) is 33.9 Å². The molecular formula is C18H16O5. The molecule has 5 heteroatoms. The SMILES string of the molecule is COc1ccc(C2C(=O)c3ccccc3C2=O)c(OC)c1OC. The Morgan fingerprint density at radius 2 is 1.30 bits per heavy atom. The van der Waals surface area contributed by atoms with Crippen LogP contribution in [0.3, 0.4) is 0 Å². The van der Waals surface area contributed by atoms with Crippen molar-refractivity contribution in [1.29, 1.82) is 0 Å². The topological polar surface area (TPSA) is 61.8 Å². The molecule has 5 nitrogen and oxygen atoms in total. The first-order valence-electron chi connectivity index (χ1n) is 7.10. The summed E-state index contributed by atoms with van der Waals surface area (Å²) in [6, 6.07) is 10.2. The van der Waals surface area contributed by atoms with E-state index in [0.717, 1.165) is 0 Å². The van der Waals surface area contributed by atoms with Gasteiger partial charge in [-0.3, -0.25) is 9.59 Å². The van der Waals surface area contributed by atoms with Gasteiger partial charge in [-0.1, -0.05) is 30.3 Å². The molecule has 2 aromatic carbocycles. The van der Waals surface area contributed by atoms with Gasteiger partial charge >= 0.3 is 0 Å². The van der Waals surface area contributed by atoms with Crippen LogP contribution >= 0.6 is 0 Å². The molecule has 3 rings (SSSR count). The van der Waals surface area contributed by atoms with Gasteiger partial charge in [0.2, 0.25) is 5.75 Å². The van der Waals surface area contributed by atoms with Crippen molar-refractivity contribution >= 4 is 11.6 Å². The minimum absolute atomic E-state index is 0.226. The Morgan fingerprint density at radius 3 is 1.78 bits per heavy atom. The summed E-state index contributed by atoms with van der Waals surface area (Å²) in [6.07, 6.45) is 0. The highest BCUT2D eigenvalue weighted by atomic mass is 16.5. The molecule has 0 fully saturated rings. The average molecular weight is 312 g/mol. The summed E-state index contributed by atoms with van der Waals surface area (Å²) in [6.45, 7) is 0. The van der Waals surface area contributed by atoms with Crippen LogP contribution in [0.2, 0.25) is 0 Å². The Kier molecular flexibility index (Phi) is 3.78. The van der Waals surface area contributed by atoms with Crippen LogP contribution in [0.4, 0.5) is 0 Å². The molecular weight excluding hydrogens is 296 g/mol. The van der Waals surface area contributed by atoms with Gasteiger partial charge in [-0.05, 0) is 6.07 Å². The van der Waals surface area contributed by atoms with Crippen LogP contribution in [0.15, 0.2) is 36.4 Å². The van der Waals surface area contributed by atoms with Gasteiger partial charge in [0.1, 0.15) is 5.92 Å². The van der Waals surface area contributed by atoms with E-state index in [2.05, 4.69) is 0 Å². The normalized spacial score (nSPS) is 13.9. The van der Waals surface area contributed by atoms with E-state index < -0.39 is 5.92 Å². The van der Waals surface area contributed by atoms with Gasteiger partial charge in [-0.2, -0.15) is 0 Å².